The second-order valence-electron chi connectivity index (χ2n) is 4.44. The van der Waals surface area contributed by atoms with Gasteiger partial charge < -0.3 is 5.32 Å². The molecule has 0 fully saturated rings. The molecule has 0 aliphatic heterocycles. The van der Waals surface area contributed by atoms with Gasteiger partial charge in [0.05, 0.1) is 6.04 Å². The molecule has 0 aliphatic rings. The summed E-state index contributed by atoms with van der Waals surface area (Å²) >= 11 is 5.55. The van der Waals surface area contributed by atoms with Crippen LogP contribution in [0.5, 0.6) is 0 Å². The topological polar surface area (TPSA) is 12.0 Å². The van der Waals surface area contributed by atoms with Crippen LogP contribution in [-0.4, -0.2) is 6.54 Å². The first kappa shape index (κ1) is 13.8. The van der Waals surface area contributed by atoms with Crippen LogP contribution in [0.4, 0.5) is 0 Å². The molecule has 1 heterocycles. The summed E-state index contributed by atoms with van der Waals surface area (Å²) in [6.07, 6.45) is 0. The molecular formula is C15H18BrNS. The molecule has 0 aliphatic carbocycles. The van der Waals surface area contributed by atoms with Crippen LogP contribution in [0.3, 0.4) is 0 Å². The predicted molar refractivity (Wildman–Crippen MR) is 83.5 cm³/mol. The molecule has 0 spiro atoms. The molecule has 1 N–H and O–H groups in total. The molecule has 0 saturated heterocycles. The fourth-order valence-electron chi connectivity index (χ4n) is 2.12. The van der Waals surface area contributed by atoms with Gasteiger partial charge in [0.25, 0.3) is 0 Å². The summed E-state index contributed by atoms with van der Waals surface area (Å²) in [6.45, 7) is 7.43. The molecule has 0 bridgehead atoms. The molecule has 2 aromatic rings. The van der Waals surface area contributed by atoms with Gasteiger partial charge in [-0.3, -0.25) is 0 Å². The number of hydrogen-bond donors (Lipinski definition) is 1. The van der Waals surface area contributed by atoms with Gasteiger partial charge in [0.1, 0.15) is 0 Å². The molecule has 1 unspecified atom stereocenters. The van der Waals surface area contributed by atoms with Crippen molar-refractivity contribution in [3.63, 3.8) is 0 Å². The Labute approximate surface area is 121 Å². The van der Waals surface area contributed by atoms with Crippen molar-refractivity contribution < 1.29 is 0 Å². The molecule has 1 aromatic carbocycles. The van der Waals surface area contributed by atoms with E-state index < -0.39 is 0 Å². The normalized spacial score (nSPS) is 12.7. The lowest BCUT2D eigenvalue weighted by Crippen LogP contribution is -2.22. The van der Waals surface area contributed by atoms with Crippen molar-refractivity contribution in [1.29, 1.82) is 0 Å². The summed E-state index contributed by atoms with van der Waals surface area (Å²) in [7, 11) is 0. The Morgan fingerprint density at radius 1 is 1.22 bits per heavy atom. The highest BCUT2D eigenvalue weighted by Crippen LogP contribution is 2.34. The van der Waals surface area contributed by atoms with E-state index in [2.05, 4.69) is 71.7 Å². The lowest BCUT2D eigenvalue weighted by atomic mass is 10.0. The van der Waals surface area contributed by atoms with E-state index in [9.17, 15) is 0 Å². The van der Waals surface area contributed by atoms with Crippen molar-refractivity contribution in [3.8, 4) is 0 Å². The summed E-state index contributed by atoms with van der Waals surface area (Å²) in [4.78, 5) is 1.41. The van der Waals surface area contributed by atoms with Crippen molar-refractivity contribution in [3.05, 3.63) is 55.7 Å². The maximum atomic E-state index is 3.73. The molecule has 96 valence electrons. The minimum atomic E-state index is 0.282. The van der Waals surface area contributed by atoms with Crippen molar-refractivity contribution in [1.82, 2.24) is 5.32 Å². The van der Waals surface area contributed by atoms with Gasteiger partial charge >= 0.3 is 0 Å². The Hall–Kier alpha value is -0.640. The Morgan fingerprint density at radius 3 is 2.61 bits per heavy atom. The quantitative estimate of drug-likeness (QED) is 0.850. The fraction of sp³-hybridized carbons (Fsp3) is 0.333. The zero-order valence-corrected chi connectivity index (χ0v) is 13.4. The van der Waals surface area contributed by atoms with Crippen LogP contribution in [0, 0.1) is 13.8 Å². The SMILES string of the molecule is CCNC(c1cccc(C)c1Br)c1sccc1C. The second-order valence-corrected chi connectivity index (χ2v) is 6.18. The molecule has 0 saturated carbocycles. The summed E-state index contributed by atoms with van der Waals surface area (Å²) in [6, 6.07) is 8.93. The van der Waals surface area contributed by atoms with Crippen LogP contribution in [0.1, 0.15) is 34.5 Å². The predicted octanol–water partition coefficient (Wildman–Crippen LogP) is 4.83. The van der Waals surface area contributed by atoms with Gasteiger partial charge in [-0.1, -0.05) is 41.1 Å². The van der Waals surface area contributed by atoms with Crippen LogP contribution >= 0.6 is 27.3 Å². The number of rotatable bonds is 4. The van der Waals surface area contributed by atoms with E-state index in [4.69, 9.17) is 0 Å². The van der Waals surface area contributed by atoms with Gasteiger partial charge in [-0.05, 0) is 48.5 Å². The van der Waals surface area contributed by atoms with Crippen LogP contribution in [0.2, 0.25) is 0 Å². The Morgan fingerprint density at radius 2 is 2.00 bits per heavy atom. The van der Waals surface area contributed by atoms with E-state index in [1.54, 1.807) is 0 Å². The fourth-order valence-corrected chi connectivity index (χ4v) is 3.63. The summed E-state index contributed by atoms with van der Waals surface area (Å²) in [5.74, 6) is 0. The Kier molecular flexibility index (Phi) is 4.60. The summed E-state index contributed by atoms with van der Waals surface area (Å²) in [5, 5.41) is 5.76. The second kappa shape index (κ2) is 6.00. The molecule has 1 nitrogen and oxygen atoms in total. The molecule has 3 heteroatoms. The van der Waals surface area contributed by atoms with Gasteiger partial charge in [0.2, 0.25) is 0 Å². The average molecular weight is 324 g/mol. The monoisotopic (exact) mass is 323 g/mol. The Balaban J connectivity index is 2.48. The van der Waals surface area contributed by atoms with Crippen LogP contribution in [-0.2, 0) is 0 Å². The highest BCUT2D eigenvalue weighted by Gasteiger charge is 2.19. The van der Waals surface area contributed by atoms with E-state index in [-0.39, 0.29) is 6.04 Å². The molecular weight excluding hydrogens is 306 g/mol. The van der Waals surface area contributed by atoms with Crippen LogP contribution < -0.4 is 5.32 Å². The first-order chi connectivity index (χ1) is 8.65. The lowest BCUT2D eigenvalue weighted by molar-refractivity contribution is 0.634. The van der Waals surface area contributed by atoms with Gasteiger partial charge in [0, 0.05) is 9.35 Å². The van der Waals surface area contributed by atoms with E-state index in [0.717, 1.165) is 6.54 Å². The van der Waals surface area contributed by atoms with Gasteiger partial charge in [-0.15, -0.1) is 11.3 Å². The zero-order valence-electron chi connectivity index (χ0n) is 11.0. The van der Waals surface area contributed by atoms with Crippen molar-refractivity contribution in [2.75, 3.05) is 6.54 Å². The summed E-state index contributed by atoms with van der Waals surface area (Å²) in [5.41, 5.74) is 3.96. The summed E-state index contributed by atoms with van der Waals surface area (Å²) < 4.78 is 1.21. The number of nitrogens with one attached hydrogen (secondary N) is 1. The molecule has 1 aromatic heterocycles. The highest BCUT2D eigenvalue weighted by atomic mass is 79.9. The third kappa shape index (κ3) is 2.68. The third-order valence-corrected chi connectivity index (χ3v) is 5.27. The van der Waals surface area contributed by atoms with Gasteiger partial charge in [0.15, 0.2) is 0 Å². The third-order valence-electron chi connectivity index (χ3n) is 3.10. The number of hydrogen-bond acceptors (Lipinski definition) is 2. The number of aryl methyl sites for hydroxylation is 2. The van der Waals surface area contributed by atoms with Crippen molar-refractivity contribution in [2.24, 2.45) is 0 Å². The zero-order chi connectivity index (χ0) is 13.1. The minimum Gasteiger partial charge on any atom is -0.306 e. The largest absolute Gasteiger partial charge is 0.306 e. The minimum absolute atomic E-state index is 0.282. The van der Waals surface area contributed by atoms with Crippen LogP contribution in [0.15, 0.2) is 34.1 Å². The van der Waals surface area contributed by atoms with Crippen molar-refractivity contribution in [2.45, 2.75) is 26.8 Å². The number of benzene rings is 1. The lowest BCUT2D eigenvalue weighted by Gasteiger charge is -2.20. The molecule has 1 atom stereocenters. The van der Waals surface area contributed by atoms with E-state index >= 15 is 0 Å². The smallest absolute Gasteiger partial charge is 0.0684 e. The first-order valence-corrected chi connectivity index (χ1v) is 7.84. The molecule has 0 radical (unpaired) electrons. The van der Waals surface area contributed by atoms with E-state index in [1.807, 2.05) is 11.3 Å². The van der Waals surface area contributed by atoms with Gasteiger partial charge in [-0.2, -0.15) is 0 Å². The van der Waals surface area contributed by atoms with Crippen LogP contribution in [0.25, 0.3) is 0 Å². The maximum Gasteiger partial charge on any atom is 0.0684 e. The standard InChI is InChI=1S/C15H18BrNS/c1-4-17-14(15-11(3)8-9-18-15)12-7-5-6-10(2)13(12)16/h5-9,14,17H,4H2,1-3H3. The average Bonchev–Trinajstić information content (AvgIpc) is 2.76. The first-order valence-electron chi connectivity index (χ1n) is 6.17. The van der Waals surface area contributed by atoms with Gasteiger partial charge in [-0.25, -0.2) is 0 Å². The van der Waals surface area contributed by atoms with Crippen molar-refractivity contribution >= 4 is 27.3 Å². The maximum absolute atomic E-state index is 3.73. The number of halogens is 1. The molecule has 18 heavy (non-hydrogen) atoms. The molecule has 2 rings (SSSR count). The molecule has 0 amide bonds. The number of thiophene rings is 1. The van der Waals surface area contributed by atoms with E-state index in [1.165, 1.54) is 26.0 Å². The van der Waals surface area contributed by atoms with E-state index in [0.29, 0.717) is 0 Å². The highest BCUT2D eigenvalue weighted by molar-refractivity contribution is 9.10. The Bertz CT molecular complexity index is 533.